The molecule has 1 fully saturated rings. The summed E-state index contributed by atoms with van der Waals surface area (Å²) in [5.74, 6) is 1.02. The van der Waals surface area contributed by atoms with Gasteiger partial charge >= 0.3 is 0 Å². The second-order valence-electron chi connectivity index (χ2n) is 4.41. The van der Waals surface area contributed by atoms with Gasteiger partial charge in [-0.1, -0.05) is 6.42 Å². The van der Waals surface area contributed by atoms with E-state index in [0.29, 0.717) is 6.42 Å². The Bertz CT molecular complexity index is 190. The Labute approximate surface area is 92.5 Å². The van der Waals surface area contributed by atoms with Crippen molar-refractivity contribution >= 4 is 5.91 Å². The first-order valence-electron chi connectivity index (χ1n) is 6.16. The highest BCUT2D eigenvalue weighted by atomic mass is 16.3. The highest BCUT2D eigenvalue weighted by Crippen LogP contribution is 2.27. The van der Waals surface area contributed by atoms with E-state index >= 15 is 0 Å². The van der Waals surface area contributed by atoms with Gasteiger partial charge in [-0.05, 0) is 38.5 Å². The number of nitrogens with zero attached hydrogens (tertiary/aromatic N) is 1. The first kappa shape index (κ1) is 12.5. The largest absolute Gasteiger partial charge is 0.396 e. The van der Waals surface area contributed by atoms with Gasteiger partial charge in [0.05, 0.1) is 0 Å². The van der Waals surface area contributed by atoms with Crippen molar-refractivity contribution in [3.05, 3.63) is 0 Å². The molecule has 3 heteroatoms. The smallest absolute Gasteiger partial charge is 0.222 e. The molecule has 0 saturated heterocycles. The number of unbranched alkanes of at least 4 members (excludes halogenated alkanes) is 1. The minimum Gasteiger partial charge on any atom is -0.396 e. The second kappa shape index (κ2) is 6.83. The van der Waals surface area contributed by atoms with Crippen molar-refractivity contribution in [1.82, 2.24) is 4.90 Å². The number of hydrogen-bond donors (Lipinski definition) is 1. The molecule has 0 aliphatic heterocycles. The Hall–Kier alpha value is -0.570. The molecule has 0 bridgehead atoms. The zero-order chi connectivity index (χ0) is 11.1. The molecule has 1 aliphatic rings. The van der Waals surface area contributed by atoms with Crippen LogP contribution >= 0.6 is 0 Å². The van der Waals surface area contributed by atoms with E-state index in [-0.39, 0.29) is 12.5 Å². The van der Waals surface area contributed by atoms with Crippen LogP contribution in [-0.4, -0.2) is 35.6 Å². The maximum Gasteiger partial charge on any atom is 0.222 e. The van der Waals surface area contributed by atoms with Gasteiger partial charge in [-0.15, -0.1) is 0 Å². The maximum atomic E-state index is 11.8. The molecule has 0 radical (unpaired) electrons. The number of rotatable bonds is 7. The van der Waals surface area contributed by atoms with E-state index in [2.05, 4.69) is 0 Å². The van der Waals surface area contributed by atoms with Gasteiger partial charge in [0.1, 0.15) is 0 Å². The number of aliphatic hydroxyl groups excluding tert-OH is 1. The molecular weight excluding hydrogens is 190 g/mol. The zero-order valence-electron chi connectivity index (χ0n) is 9.74. The molecule has 0 unspecified atom stereocenters. The Morgan fingerprint density at radius 1 is 1.40 bits per heavy atom. The minimum atomic E-state index is 0.196. The summed E-state index contributed by atoms with van der Waals surface area (Å²) >= 11 is 0. The molecule has 0 atom stereocenters. The number of amides is 1. The average molecular weight is 213 g/mol. The molecule has 0 aromatic rings. The summed E-state index contributed by atoms with van der Waals surface area (Å²) in [5.41, 5.74) is 0. The van der Waals surface area contributed by atoms with Crippen molar-refractivity contribution in [2.45, 2.75) is 45.4 Å². The number of hydrogen-bond acceptors (Lipinski definition) is 2. The molecule has 1 amide bonds. The van der Waals surface area contributed by atoms with E-state index in [1.54, 1.807) is 0 Å². The van der Waals surface area contributed by atoms with Gasteiger partial charge in [0, 0.05) is 26.1 Å². The summed E-state index contributed by atoms with van der Waals surface area (Å²) in [6.45, 7) is 4.02. The normalized spacial score (nSPS) is 16.1. The first-order chi connectivity index (χ1) is 7.27. The van der Waals surface area contributed by atoms with Crippen LogP contribution in [0.1, 0.15) is 45.4 Å². The summed E-state index contributed by atoms with van der Waals surface area (Å²) in [6, 6.07) is 0. The van der Waals surface area contributed by atoms with E-state index in [1.165, 1.54) is 19.3 Å². The standard InChI is InChI=1S/C12H23NO2/c1-2-13(10-11-6-5-7-11)12(15)8-3-4-9-14/h11,14H,2-10H2,1H3. The summed E-state index contributed by atoms with van der Waals surface area (Å²) in [4.78, 5) is 13.7. The van der Waals surface area contributed by atoms with E-state index in [4.69, 9.17) is 5.11 Å². The third kappa shape index (κ3) is 4.20. The molecule has 1 saturated carbocycles. The van der Waals surface area contributed by atoms with Crippen molar-refractivity contribution in [2.24, 2.45) is 5.92 Å². The van der Waals surface area contributed by atoms with E-state index in [0.717, 1.165) is 31.8 Å². The summed E-state index contributed by atoms with van der Waals surface area (Å²) in [5, 5.41) is 8.64. The van der Waals surface area contributed by atoms with Crippen LogP contribution in [-0.2, 0) is 4.79 Å². The third-order valence-electron chi connectivity index (χ3n) is 3.24. The molecule has 15 heavy (non-hydrogen) atoms. The van der Waals surface area contributed by atoms with Gasteiger partial charge in [-0.25, -0.2) is 0 Å². The molecule has 1 aliphatic carbocycles. The van der Waals surface area contributed by atoms with Gasteiger partial charge in [0.25, 0.3) is 0 Å². The predicted molar refractivity (Wildman–Crippen MR) is 60.5 cm³/mol. The SMILES string of the molecule is CCN(CC1CCC1)C(=O)CCCCO. The second-order valence-corrected chi connectivity index (χ2v) is 4.41. The lowest BCUT2D eigenvalue weighted by atomic mass is 9.85. The zero-order valence-corrected chi connectivity index (χ0v) is 9.74. The van der Waals surface area contributed by atoms with Gasteiger partial charge in [-0.3, -0.25) is 4.79 Å². The first-order valence-corrected chi connectivity index (χ1v) is 6.16. The summed E-state index contributed by atoms with van der Waals surface area (Å²) in [6.07, 6.45) is 6.08. The minimum absolute atomic E-state index is 0.196. The Morgan fingerprint density at radius 2 is 2.13 bits per heavy atom. The highest BCUT2D eigenvalue weighted by Gasteiger charge is 2.22. The molecule has 0 spiro atoms. The van der Waals surface area contributed by atoms with Crippen molar-refractivity contribution in [2.75, 3.05) is 19.7 Å². The van der Waals surface area contributed by atoms with Crippen LogP contribution in [0.5, 0.6) is 0 Å². The molecule has 0 heterocycles. The fraction of sp³-hybridized carbons (Fsp3) is 0.917. The van der Waals surface area contributed by atoms with Gasteiger partial charge in [-0.2, -0.15) is 0 Å². The topological polar surface area (TPSA) is 40.5 Å². The average Bonchev–Trinajstić information content (AvgIpc) is 2.16. The van der Waals surface area contributed by atoms with Crippen molar-refractivity contribution in [3.63, 3.8) is 0 Å². The monoisotopic (exact) mass is 213 g/mol. The van der Waals surface area contributed by atoms with Crippen molar-refractivity contribution < 1.29 is 9.90 Å². The molecular formula is C12H23NO2. The number of carbonyl (C=O) groups excluding carboxylic acids is 1. The van der Waals surface area contributed by atoms with Crippen LogP contribution in [0.25, 0.3) is 0 Å². The van der Waals surface area contributed by atoms with Gasteiger partial charge in [0.2, 0.25) is 5.91 Å². The van der Waals surface area contributed by atoms with Crippen LogP contribution in [0.4, 0.5) is 0 Å². The molecule has 3 nitrogen and oxygen atoms in total. The van der Waals surface area contributed by atoms with Gasteiger partial charge < -0.3 is 10.0 Å². The number of carbonyl (C=O) groups is 1. The number of aliphatic hydroxyl groups is 1. The van der Waals surface area contributed by atoms with E-state index < -0.39 is 0 Å². The van der Waals surface area contributed by atoms with Crippen LogP contribution in [0.15, 0.2) is 0 Å². The Morgan fingerprint density at radius 3 is 2.60 bits per heavy atom. The molecule has 88 valence electrons. The maximum absolute atomic E-state index is 11.8. The fourth-order valence-corrected chi connectivity index (χ4v) is 1.94. The fourth-order valence-electron chi connectivity index (χ4n) is 1.94. The lowest BCUT2D eigenvalue weighted by molar-refractivity contribution is -0.132. The summed E-state index contributed by atoms with van der Waals surface area (Å²) in [7, 11) is 0. The molecule has 1 N–H and O–H groups in total. The lowest BCUT2D eigenvalue weighted by Gasteiger charge is -2.31. The van der Waals surface area contributed by atoms with Gasteiger partial charge in [0.15, 0.2) is 0 Å². The molecule has 1 rings (SSSR count). The highest BCUT2D eigenvalue weighted by molar-refractivity contribution is 5.76. The Balaban J connectivity index is 2.19. The van der Waals surface area contributed by atoms with Crippen LogP contribution in [0, 0.1) is 5.92 Å². The predicted octanol–water partition coefficient (Wildman–Crippen LogP) is 1.80. The van der Waals surface area contributed by atoms with E-state index in [9.17, 15) is 4.79 Å². The van der Waals surface area contributed by atoms with Crippen molar-refractivity contribution in [1.29, 1.82) is 0 Å². The molecule has 0 aromatic carbocycles. The van der Waals surface area contributed by atoms with Crippen molar-refractivity contribution in [3.8, 4) is 0 Å². The Kier molecular flexibility index (Phi) is 5.69. The van der Waals surface area contributed by atoms with E-state index in [1.807, 2.05) is 11.8 Å². The quantitative estimate of drug-likeness (QED) is 0.655. The lowest BCUT2D eigenvalue weighted by Crippen LogP contribution is -2.37. The van der Waals surface area contributed by atoms with Crippen LogP contribution in [0.2, 0.25) is 0 Å². The molecule has 0 aromatic heterocycles. The third-order valence-corrected chi connectivity index (χ3v) is 3.24. The van der Waals surface area contributed by atoms with Crippen LogP contribution < -0.4 is 0 Å². The summed E-state index contributed by atoms with van der Waals surface area (Å²) < 4.78 is 0. The van der Waals surface area contributed by atoms with Crippen LogP contribution in [0.3, 0.4) is 0 Å².